The molecule has 3 saturated carbocycles. The van der Waals surface area contributed by atoms with E-state index in [1.165, 1.54) is 11.0 Å². The van der Waals surface area contributed by atoms with Crippen molar-refractivity contribution in [3.05, 3.63) is 48.7 Å². The standard InChI is InChI=1S/C39H49N7O8S/c1-2-26-21-39(26,37(49)44-55(51,52)29-13-14-29)43-34(47)32-20-28-23-46(32)36(48)33(24-9-5-6-10-24)42-38(50)45-17-15-27(22-45)53-18-7-3-4-11-25-19-31-30(12-8-16-40-31)41-35(25)54-28/h2,4,8,11-12,16,19,24,26-29,32-33H,1,3,5-7,9-10,13-15,17-18,20-23H2,(H,42,50)(H,43,47)(H,44,49)/t26-,27+,28-,32+,33+,39-/m1/s1. The number of pyridine rings is 2. The molecule has 4 bridgehead atoms. The molecule has 2 aromatic heterocycles. The molecule has 8 rings (SSSR count). The Morgan fingerprint density at radius 1 is 1.05 bits per heavy atom. The Balaban J connectivity index is 1.12. The molecule has 0 aromatic carbocycles. The highest BCUT2D eigenvalue weighted by molar-refractivity contribution is 7.91. The molecule has 55 heavy (non-hydrogen) atoms. The van der Waals surface area contributed by atoms with E-state index in [1.54, 1.807) is 17.2 Å². The van der Waals surface area contributed by atoms with Crippen molar-refractivity contribution in [3.8, 4) is 5.88 Å². The highest BCUT2D eigenvalue weighted by atomic mass is 32.2. The van der Waals surface area contributed by atoms with E-state index in [4.69, 9.17) is 14.5 Å². The van der Waals surface area contributed by atoms with Gasteiger partial charge in [0.1, 0.15) is 23.7 Å². The van der Waals surface area contributed by atoms with E-state index in [1.807, 2.05) is 24.3 Å². The van der Waals surface area contributed by atoms with E-state index < -0.39 is 62.6 Å². The molecule has 0 unspecified atom stereocenters. The number of amides is 5. The molecule has 5 amide bonds. The molecule has 3 aliphatic heterocycles. The molecule has 3 aliphatic carbocycles. The first-order valence-electron chi connectivity index (χ1n) is 19.6. The van der Waals surface area contributed by atoms with Crippen LogP contribution in [0.2, 0.25) is 0 Å². The number of carbonyl (C=O) groups excluding carboxylic acids is 4. The van der Waals surface area contributed by atoms with Crippen LogP contribution in [0.25, 0.3) is 17.1 Å². The van der Waals surface area contributed by atoms with Crippen LogP contribution in [-0.4, -0.2) is 113 Å². The van der Waals surface area contributed by atoms with Crippen LogP contribution >= 0.6 is 0 Å². The van der Waals surface area contributed by atoms with Gasteiger partial charge in [0, 0.05) is 43.8 Å². The van der Waals surface area contributed by atoms with E-state index in [0.717, 1.165) is 38.5 Å². The van der Waals surface area contributed by atoms with Gasteiger partial charge in [0.2, 0.25) is 27.7 Å². The first-order valence-corrected chi connectivity index (χ1v) is 21.2. The lowest BCUT2D eigenvalue weighted by Crippen LogP contribution is -2.59. The number of hydrogen-bond donors (Lipinski definition) is 3. The average molecular weight is 776 g/mol. The van der Waals surface area contributed by atoms with Gasteiger partial charge in [-0.05, 0) is 75.5 Å². The smallest absolute Gasteiger partial charge is 0.318 e. The molecule has 2 saturated heterocycles. The number of urea groups is 1. The highest BCUT2D eigenvalue weighted by Crippen LogP contribution is 2.45. The Morgan fingerprint density at radius 3 is 2.64 bits per heavy atom. The number of nitrogens with one attached hydrogen (secondary N) is 3. The largest absolute Gasteiger partial charge is 0.472 e. The first-order chi connectivity index (χ1) is 26.5. The van der Waals surface area contributed by atoms with Gasteiger partial charge in [-0.15, -0.1) is 6.58 Å². The van der Waals surface area contributed by atoms with Gasteiger partial charge < -0.3 is 29.9 Å². The molecule has 5 heterocycles. The van der Waals surface area contributed by atoms with Crippen molar-refractivity contribution in [2.24, 2.45) is 11.8 Å². The number of carbonyl (C=O) groups is 4. The van der Waals surface area contributed by atoms with Gasteiger partial charge in [0.05, 0.1) is 28.9 Å². The second kappa shape index (κ2) is 15.2. The van der Waals surface area contributed by atoms with Gasteiger partial charge in [-0.25, -0.2) is 18.2 Å². The van der Waals surface area contributed by atoms with E-state index in [2.05, 4.69) is 26.9 Å². The fraction of sp³-hybridized carbons (Fsp3) is 0.590. The summed E-state index contributed by atoms with van der Waals surface area (Å²) >= 11 is 0. The Hall–Kier alpha value is -4.57. The third kappa shape index (κ3) is 7.80. The topological polar surface area (TPSA) is 189 Å². The van der Waals surface area contributed by atoms with Crippen molar-refractivity contribution in [1.29, 1.82) is 0 Å². The van der Waals surface area contributed by atoms with Gasteiger partial charge >= 0.3 is 6.03 Å². The van der Waals surface area contributed by atoms with Crippen LogP contribution in [0, 0.1) is 11.8 Å². The maximum atomic E-state index is 14.8. The van der Waals surface area contributed by atoms with Crippen LogP contribution in [0.15, 0.2) is 43.1 Å². The first kappa shape index (κ1) is 37.4. The van der Waals surface area contributed by atoms with Crippen LogP contribution in [-0.2, 0) is 29.1 Å². The second-order valence-electron chi connectivity index (χ2n) is 15.8. The third-order valence-corrected chi connectivity index (χ3v) is 13.8. The number of hydrogen-bond acceptors (Lipinski definition) is 10. The third-order valence-electron chi connectivity index (χ3n) is 12.0. The number of rotatable bonds is 7. The molecular weight excluding hydrogens is 727 g/mol. The maximum Gasteiger partial charge on any atom is 0.318 e. The lowest BCUT2D eigenvalue weighted by Gasteiger charge is -2.33. The number of nitrogens with zero attached hydrogens (tertiary/aromatic N) is 4. The van der Waals surface area contributed by atoms with Crippen molar-refractivity contribution in [2.45, 2.75) is 106 Å². The van der Waals surface area contributed by atoms with Gasteiger partial charge in [-0.2, -0.15) is 0 Å². The van der Waals surface area contributed by atoms with Crippen LogP contribution in [0.3, 0.4) is 0 Å². The molecule has 0 spiro atoms. The molecule has 5 fully saturated rings. The fourth-order valence-electron chi connectivity index (χ4n) is 8.55. The molecule has 6 aliphatic rings. The summed E-state index contributed by atoms with van der Waals surface area (Å²) in [5, 5.41) is 5.29. The van der Waals surface area contributed by atoms with Crippen LogP contribution in [0.4, 0.5) is 4.79 Å². The lowest BCUT2D eigenvalue weighted by atomic mass is 9.96. The van der Waals surface area contributed by atoms with Crippen molar-refractivity contribution in [3.63, 3.8) is 0 Å². The lowest BCUT2D eigenvalue weighted by molar-refractivity contribution is -0.142. The number of allylic oxidation sites excluding steroid dienone is 1. The normalized spacial score (nSPS) is 30.4. The number of sulfonamides is 1. The van der Waals surface area contributed by atoms with Crippen LogP contribution in [0.5, 0.6) is 5.88 Å². The molecule has 2 aromatic rings. The minimum absolute atomic E-state index is 0.0195. The van der Waals surface area contributed by atoms with Gasteiger partial charge in [-0.3, -0.25) is 24.1 Å². The summed E-state index contributed by atoms with van der Waals surface area (Å²) in [6.07, 6.45) is 13.1. The van der Waals surface area contributed by atoms with Gasteiger partial charge in [0.25, 0.3) is 5.91 Å². The molecule has 16 heteroatoms. The minimum atomic E-state index is -3.89. The molecule has 6 atom stereocenters. The quantitative estimate of drug-likeness (QED) is 0.353. The Morgan fingerprint density at radius 2 is 1.87 bits per heavy atom. The summed E-state index contributed by atoms with van der Waals surface area (Å²) < 4.78 is 40.5. The summed E-state index contributed by atoms with van der Waals surface area (Å²) in [4.78, 5) is 69.1. The SMILES string of the molecule is C=C[C@@H]1C[C@]1(NC(=O)[C@@H]1C[C@@H]2CN1C(=O)[C@H](C1CCCC1)NC(=O)N1CC[C@@H](C1)OCCCC=Cc1cc3ncccc3nc1O2)C(=O)NS(=O)(=O)C1CC1. The molecular formula is C39H49N7O8S. The summed E-state index contributed by atoms with van der Waals surface area (Å²) in [7, 11) is -3.89. The number of ether oxygens (including phenoxy) is 2. The van der Waals surface area contributed by atoms with Crippen molar-refractivity contribution >= 4 is 50.9 Å². The monoisotopic (exact) mass is 775 g/mol. The van der Waals surface area contributed by atoms with E-state index in [-0.39, 0.29) is 37.4 Å². The van der Waals surface area contributed by atoms with Crippen LogP contribution in [0.1, 0.15) is 76.2 Å². The van der Waals surface area contributed by atoms with Gasteiger partial charge in [-0.1, -0.05) is 31.1 Å². The van der Waals surface area contributed by atoms with Crippen molar-refractivity contribution in [1.82, 2.24) is 35.1 Å². The Bertz CT molecular complexity index is 2000. The minimum Gasteiger partial charge on any atom is -0.472 e. The van der Waals surface area contributed by atoms with Gasteiger partial charge in [0.15, 0.2) is 0 Å². The van der Waals surface area contributed by atoms with E-state index in [0.29, 0.717) is 61.4 Å². The van der Waals surface area contributed by atoms with Crippen molar-refractivity contribution in [2.75, 3.05) is 26.2 Å². The Kier molecular flexibility index (Phi) is 10.3. The fourth-order valence-corrected chi connectivity index (χ4v) is 9.91. The van der Waals surface area contributed by atoms with E-state index >= 15 is 0 Å². The molecule has 15 nitrogen and oxygen atoms in total. The van der Waals surface area contributed by atoms with Crippen LogP contribution < -0.4 is 20.1 Å². The summed E-state index contributed by atoms with van der Waals surface area (Å²) in [5.74, 6) is -2.14. The molecule has 0 radical (unpaired) electrons. The maximum absolute atomic E-state index is 14.8. The zero-order valence-corrected chi connectivity index (χ0v) is 31.7. The predicted molar refractivity (Wildman–Crippen MR) is 202 cm³/mol. The zero-order valence-electron chi connectivity index (χ0n) is 30.9. The van der Waals surface area contributed by atoms with Crippen molar-refractivity contribution < 1.29 is 37.1 Å². The predicted octanol–water partition coefficient (Wildman–Crippen LogP) is 2.81. The average Bonchev–Trinajstić information content (AvgIpc) is 3.94. The molecule has 294 valence electrons. The summed E-state index contributed by atoms with van der Waals surface area (Å²) in [6, 6.07) is 3.19. The number of aromatic nitrogens is 2. The van der Waals surface area contributed by atoms with E-state index in [9.17, 15) is 27.6 Å². The highest BCUT2D eigenvalue weighted by Gasteiger charge is 2.62. The number of fused-ring (bicyclic) bond motifs is 6. The molecule has 3 N–H and O–H groups in total. The summed E-state index contributed by atoms with van der Waals surface area (Å²) in [6.45, 7) is 5.29. The summed E-state index contributed by atoms with van der Waals surface area (Å²) in [5.41, 5.74) is 0.468. The zero-order chi connectivity index (χ0) is 38.3. The second-order valence-corrected chi connectivity index (χ2v) is 17.8. The Labute approximate surface area is 320 Å².